The van der Waals surface area contributed by atoms with Gasteiger partial charge in [0.15, 0.2) is 0 Å². The van der Waals surface area contributed by atoms with Crippen LogP contribution in [0.5, 0.6) is 0 Å². The predicted molar refractivity (Wildman–Crippen MR) is 158 cm³/mol. The van der Waals surface area contributed by atoms with E-state index in [1.165, 1.54) is 4.90 Å². The second-order valence-electron chi connectivity index (χ2n) is 11.2. The van der Waals surface area contributed by atoms with Crippen LogP contribution in [0.15, 0.2) is 48.7 Å². The number of urea groups is 1. The SMILES string of the molecule is Cc1cccc2c1N(C(=O)C(F)(F)F)CC[C@H]2N1Cc2cnc(Nc3ccc(N4CCN(C)CC4)cc3)nc2N(C)C1=O. The number of alkyl halides is 3. The first-order valence-corrected chi connectivity index (χ1v) is 14.2. The number of fused-ring (bicyclic) bond motifs is 2. The minimum atomic E-state index is -5.00. The molecule has 3 aliphatic rings. The minimum absolute atomic E-state index is 0.159. The Hall–Kier alpha value is -4.39. The number of nitrogens with zero attached hydrogens (tertiary/aromatic N) is 7. The molecule has 3 aromatic rings. The molecule has 0 unspecified atom stereocenters. The van der Waals surface area contributed by atoms with Gasteiger partial charge in [-0.1, -0.05) is 18.2 Å². The summed E-state index contributed by atoms with van der Waals surface area (Å²) in [5.41, 5.74) is 3.93. The Bertz CT molecular complexity index is 1540. The standard InChI is InChI=1S/C30H33F3N8O2/c1-19-5-4-6-23-24(11-12-40(25(19)23)27(42)30(31,32)33)41-18-20-17-34-28(36-26(20)38(3)29(41)43)35-21-7-9-22(10-8-21)39-15-13-37(2)14-16-39/h4-10,17,24H,11-16,18H2,1-3H3,(H,34,35,36)/t24-/m1/s1. The number of aryl methyl sites for hydroxylation is 1. The molecule has 4 heterocycles. The molecule has 0 spiro atoms. The van der Waals surface area contributed by atoms with Crippen molar-refractivity contribution in [3.05, 3.63) is 65.4 Å². The number of hydrogen-bond donors (Lipinski definition) is 1. The van der Waals surface area contributed by atoms with E-state index >= 15 is 0 Å². The topological polar surface area (TPSA) is 88.2 Å². The van der Waals surface area contributed by atoms with Crippen LogP contribution < -0.4 is 20.0 Å². The third kappa shape index (κ3) is 5.44. The summed E-state index contributed by atoms with van der Waals surface area (Å²) in [4.78, 5) is 43.5. The molecule has 3 aliphatic heterocycles. The van der Waals surface area contributed by atoms with Gasteiger partial charge in [-0.25, -0.2) is 9.78 Å². The molecule has 43 heavy (non-hydrogen) atoms. The fourth-order valence-electron chi connectivity index (χ4n) is 6.10. The lowest BCUT2D eigenvalue weighted by atomic mass is 9.91. The maximum atomic E-state index is 13.6. The van der Waals surface area contributed by atoms with Crippen molar-refractivity contribution in [1.29, 1.82) is 0 Å². The molecular formula is C30H33F3N8O2. The molecule has 0 bridgehead atoms. The number of carbonyl (C=O) groups is 2. The first-order chi connectivity index (χ1) is 20.5. The third-order valence-electron chi connectivity index (χ3n) is 8.41. The first kappa shape index (κ1) is 28.7. The number of nitrogens with one attached hydrogen (secondary N) is 1. The zero-order valence-electron chi connectivity index (χ0n) is 24.2. The molecule has 1 fully saturated rings. The molecule has 1 aromatic heterocycles. The van der Waals surface area contributed by atoms with Crippen LogP contribution in [0.25, 0.3) is 0 Å². The number of benzene rings is 2. The molecule has 6 rings (SSSR count). The zero-order chi connectivity index (χ0) is 30.5. The number of aromatic nitrogens is 2. The molecule has 1 atom stereocenters. The van der Waals surface area contributed by atoms with Gasteiger partial charge in [-0.15, -0.1) is 0 Å². The lowest BCUT2D eigenvalue weighted by Gasteiger charge is -2.43. The summed E-state index contributed by atoms with van der Waals surface area (Å²) in [6.45, 7) is 5.69. The molecule has 1 saturated heterocycles. The average molecular weight is 595 g/mol. The number of rotatable bonds is 4. The van der Waals surface area contributed by atoms with E-state index in [2.05, 4.69) is 44.3 Å². The highest BCUT2D eigenvalue weighted by Crippen LogP contribution is 2.43. The molecular weight excluding hydrogens is 561 g/mol. The van der Waals surface area contributed by atoms with Gasteiger partial charge in [0, 0.05) is 62.9 Å². The Balaban J connectivity index is 1.21. The Morgan fingerprint density at radius 2 is 1.72 bits per heavy atom. The highest BCUT2D eigenvalue weighted by atomic mass is 19.4. The van der Waals surface area contributed by atoms with Gasteiger partial charge in [-0.05, 0) is 55.8 Å². The maximum absolute atomic E-state index is 13.6. The lowest BCUT2D eigenvalue weighted by Crippen LogP contribution is -2.51. The van der Waals surface area contributed by atoms with Crippen molar-refractivity contribution < 1.29 is 22.8 Å². The summed E-state index contributed by atoms with van der Waals surface area (Å²) in [5.74, 6) is -1.10. The van der Waals surface area contributed by atoms with Crippen molar-refractivity contribution >= 4 is 40.8 Å². The van der Waals surface area contributed by atoms with Crippen molar-refractivity contribution in [2.75, 3.05) is 66.8 Å². The molecule has 2 aromatic carbocycles. The highest BCUT2D eigenvalue weighted by Gasteiger charge is 2.47. The van der Waals surface area contributed by atoms with E-state index in [1.807, 2.05) is 12.1 Å². The van der Waals surface area contributed by atoms with Gasteiger partial charge in [0.2, 0.25) is 5.95 Å². The largest absolute Gasteiger partial charge is 0.471 e. The smallest absolute Gasteiger partial charge is 0.369 e. The summed E-state index contributed by atoms with van der Waals surface area (Å²) in [6.07, 6.45) is -3.17. The van der Waals surface area contributed by atoms with Crippen LogP contribution >= 0.6 is 0 Å². The van der Waals surface area contributed by atoms with E-state index in [-0.39, 0.29) is 31.2 Å². The fourth-order valence-corrected chi connectivity index (χ4v) is 6.10. The molecule has 0 radical (unpaired) electrons. The zero-order valence-corrected chi connectivity index (χ0v) is 24.2. The van der Waals surface area contributed by atoms with Crippen molar-refractivity contribution in [3.8, 4) is 0 Å². The van der Waals surface area contributed by atoms with Gasteiger partial charge in [-0.3, -0.25) is 9.69 Å². The van der Waals surface area contributed by atoms with Crippen molar-refractivity contribution in [3.63, 3.8) is 0 Å². The Labute approximate surface area is 247 Å². The van der Waals surface area contributed by atoms with Crippen LogP contribution in [0.4, 0.5) is 46.8 Å². The van der Waals surface area contributed by atoms with Gasteiger partial charge < -0.3 is 24.9 Å². The van der Waals surface area contributed by atoms with Gasteiger partial charge in [0.25, 0.3) is 0 Å². The van der Waals surface area contributed by atoms with Gasteiger partial charge >= 0.3 is 18.1 Å². The van der Waals surface area contributed by atoms with E-state index in [1.54, 1.807) is 43.3 Å². The molecule has 226 valence electrons. The van der Waals surface area contributed by atoms with Crippen LogP contribution in [-0.2, 0) is 11.3 Å². The van der Waals surface area contributed by atoms with E-state index < -0.39 is 18.1 Å². The summed E-state index contributed by atoms with van der Waals surface area (Å²) in [6, 6.07) is 12.3. The van der Waals surface area contributed by atoms with Crippen LogP contribution in [0, 0.1) is 6.92 Å². The van der Waals surface area contributed by atoms with Crippen LogP contribution in [-0.4, -0.2) is 84.7 Å². The first-order valence-electron chi connectivity index (χ1n) is 14.2. The number of para-hydroxylation sites is 1. The fraction of sp³-hybridized carbons (Fsp3) is 0.400. The van der Waals surface area contributed by atoms with E-state index in [0.29, 0.717) is 28.5 Å². The second kappa shape index (κ2) is 11.0. The minimum Gasteiger partial charge on any atom is -0.369 e. The number of anilines is 5. The predicted octanol–water partition coefficient (Wildman–Crippen LogP) is 4.69. The summed E-state index contributed by atoms with van der Waals surface area (Å²) >= 11 is 0. The van der Waals surface area contributed by atoms with Gasteiger partial charge in [0.05, 0.1) is 18.3 Å². The molecule has 10 nitrogen and oxygen atoms in total. The van der Waals surface area contributed by atoms with E-state index in [4.69, 9.17) is 0 Å². The third-order valence-corrected chi connectivity index (χ3v) is 8.41. The number of carbonyl (C=O) groups excluding carboxylic acids is 2. The molecule has 13 heteroatoms. The molecule has 0 saturated carbocycles. The molecule has 3 amide bonds. The molecule has 1 N–H and O–H groups in total. The van der Waals surface area contributed by atoms with Crippen molar-refractivity contribution in [2.45, 2.75) is 32.1 Å². The summed E-state index contributed by atoms with van der Waals surface area (Å²) in [7, 11) is 3.74. The molecule has 0 aliphatic carbocycles. The number of amides is 3. The maximum Gasteiger partial charge on any atom is 0.471 e. The number of halogens is 3. The van der Waals surface area contributed by atoms with Crippen molar-refractivity contribution in [2.24, 2.45) is 0 Å². The number of hydrogen-bond acceptors (Lipinski definition) is 7. The van der Waals surface area contributed by atoms with Crippen molar-refractivity contribution in [1.82, 2.24) is 19.8 Å². The van der Waals surface area contributed by atoms with Crippen LogP contribution in [0.1, 0.15) is 29.2 Å². The number of likely N-dealkylation sites (N-methyl/N-ethyl adjacent to an activating group) is 1. The normalized spacial score (nSPS) is 19.3. The average Bonchev–Trinajstić information content (AvgIpc) is 2.99. The Kier molecular flexibility index (Phi) is 7.36. The van der Waals surface area contributed by atoms with Gasteiger partial charge in [-0.2, -0.15) is 18.2 Å². The summed E-state index contributed by atoms with van der Waals surface area (Å²) < 4.78 is 40.1. The van der Waals surface area contributed by atoms with E-state index in [9.17, 15) is 22.8 Å². The Morgan fingerprint density at radius 1 is 1.00 bits per heavy atom. The summed E-state index contributed by atoms with van der Waals surface area (Å²) in [5, 5.41) is 3.22. The number of piperazine rings is 1. The second-order valence-corrected chi connectivity index (χ2v) is 11.2. The quantitative estimate of drug-likeness (QED) is 0.469. The Morgan fingerprint density at radius 3 is 2.42 bits per heavy atom. The van der Waals surface area contributed by atoms with E-state index in [0.717, 1.165) is 42.5 Å². The van der Waals surface area contributed by atoms with Crippen LogP contribution in [0.3, 0.4) is 0 Å². The highest BCUT2D eigenvalue weighted by molar-refractivity contribution is 6.00. The van der Waals surface area contributed by atoms with Gasteiger partial charge in [0.1, 0.15) is 5.82 Å². The lowest BCUT2D eigenvalue weighted by molar-refractivity contribution is -0.170. The van der Waals surface area contributed by atoms with Crippen LogP contribution in [0.2, 0.25) is 0 Å². The monoisotopic (exact) mass is 594 g/mol.